The zero-order chi connectivity index (χ0) is 14.2. The van der Waals surface area contributed by atoms with Crippen molar-refractivity contribution in [3.8, 4) is 6.07 Å². The van der Waals surface area contributed by atoms with Crippen molar-refractivity contribution in [3.63, 3.8) is 0 Å². The van der Waals surface area contributed by atoms with Gasteiger partial charge in [-0.05, 0) is 43.7 Å². The summed E-state index contributed by atoms with van der Waals surface area (Å²) < 4.78 is 0. The van der Waals surface area contributed by atoms with E-state index in [1.807, 2.05) is 23.1 Å². The molecule has 0 spiro atoms. The number of carbonyl (C=O) groups is 1. The van der Waals surface area contributed by atoms with Crippen LogP contribution in [-0.4, -0.2) is 28.9 Å². The van der Waals surface area contributed by atoms with Gasteiger partial charge in [-0.3, -0.25) is 9.78 Å². The first-order chi connectivity index (χ1) is 9.79. The Morgan fingerprint density at radius 3 is 2.95 bits per heavy atom. The summed E-state index contributed by atoms with van der Waals surface area (Å²) in [5, 5.41) is 8.68. The molecule has 1 heterocycles. The Labute approximate surface area is 120 Å². The van der Waals surface area contributed by atoms with E-state index >= 15 is 0 Å². The number of nitrogens with zero attached hydrogens (tertiary/aromatic N) is 3. The summed E-state index contributed by atoms with van der Waals surface area (Å²) in [5.41, 5.74) is 1.03. The SMILES string of the molecule is N#CCCN(CC1CC1)C(=O)CCCc1ccccn1. The maximum absolute atomic E-state index is 12.2. The van der Waals surface area contributed by atoms with Crippen molar-refractivity contribution in [1.29, 1.82) is 5.26 Å². The summed E-state index contributed by atoms with van der Waals surface area (Å²) in [6.45, 7) is 1.42. The zero-order valence-electron chi connectivity index (χ0n) is 11.8. The van der Waals surface area contributed by atoms with Gasteiger partial charge in [-0.2, -0.15) is 5.26 Å². The molecular formula is C16H21N3O. The fourth-order valence-electron chi connectivity index (χ4n) is 2.24. The van der Waals surface area contributed by atoms with Gasteiger partial charge in [-0.1, -0.05) is 6.07 Å². The molecule has 0 radical (unpaired) electrons. The second-order valence-corrected chi connectivity index (χ2v) is 5.37. The lowest BCUT2D eigenvalue weighted by Gasteiger charge is -2.21. The van der Waals surface area contributed by atoms with E-state index in [-0.39, 0.29) is 5.91 Å². The van der Waals surface area contributed by atoms with Crippen LogP contribution < -0.4 is 0 Å². The van der Waals surface area contributed by atoms with E-state index in [1.165, 1.54) is 12.8 Å². The highest BCUT2D eigenvalue weighted by Gasteiger charge is 2.26. The van der Waals surface area contributed by atoms with Crippen molar-refractivity contribution in [1.82, 2.24) is 9.88 Å². The lowest BCUT2D eigenvalue weighted by Crippen LogP contribution is -2.33. The minimum absolute atomic E-state index is 0.183. The Morgan fingerprint density at radius 1 is 1.45 bits per heavy atom. The van der Waals surface area contributed by atoms with Crippen LogP contribution in [-0.2, 0) is 11.2 Å². The topological polar surface area (TPSA) is 57.0 Å². The predicted octanol–water partition coefficient (Wildman–Crippen LogP) is 2.56. The number of hydrogen-bond acceptors (Lipinski definition) is 3. The number of hydrogen-bond donors (Lipinski definition) is 0. The van der Waals surface area contributed by atoms with E-state index in [9.17, 15) is 4.79 Å². The van der Waals surface area contributed by atoms with Gasteiger partial charge in [0.1, 0.15) is 0 Å². The summed E-state index contributed by atoms with van der Waals surface area (Å²) in [6, 6.07) is 7.98. The molecule has 1 amide bonds. The maximum atomic E-state index is 12.2. The molecule has 0 unspecified atom stereocenters. The highest BCUT2D eigenvalue weighted by Crippen LogP contribution is 2.30. The average molecular weight is 271 g/mol. The number of aryl methyl sites for hydroxylation is 1. The molecule has 1 aliphatic rings. The Morgan fingerprint density at radius 2 is 2.30 bits per heavy atom. The highest BCUT2D eigenvalue weighted by atomic mass is 16.2. The van der Waals surface area contributed by atoms with Crippen LogP contribution in [0.1, 0.15) is 37.8 Å². The molecule has 4 heteroatoms. The van der Waals surface area contributed by atoms with Gasteiger partial charge in [0.15, 0.2) is 0 Å². The predicted molar refractivity (Wildman–Crippen MR) is 76.7 cm³/mol. The first kappa shape index (κ1) is 14.5. The van der Waals surface area contributed by atoms with Crippen LogP contribution in [0.3, 0.4) is 0 Å². The van der Waals surface area contributed by atoms with Gasteiger partial charge in [0.2, 0.25) is 5.91 Å². The fraction of sp³-hybridized carbons (Fsp3) is 0.562. The molecule has 0 bridgehead atoms. The second-order valence-electron chi connectivity index (χ2n) is 5.37. The number of rotatable bonds is 8. The third-order valence-electron chi connectivity index (χ3n) is 3.57. The molecule has 1 aliphatic carbocycles. The van der Waals surface area contributed by atoms with E-state index < -0.39 is 0 Å². The first-order valence-electron chi connectivity index (χ1n) is 7.34. The van der Waals surface area contributed by atoms with Crippen molar-refractivity contribution in [2.24, 2.45) is 5.92 Å². The lowest BCUT2D eigenvalue weighted by atomic mass is 10.1. The van der Waals surface area contributed by atoms with Crippen LogP contribution >= 0.6 is 0 Å². The quantitative estimate of drug-likeness (QED) is 0.730. The Balaban J connectivity index is 1.74. The number of nitriles is 1. The molecule has 0 atom stereocenters. The van der Waals surface area contributed by atoms with Gasteiger partial charge in [-0.25, -0.2) is 0 Å². The van der Waals surface area contributed by atoms with Crippen LogP contribution in [0.25, 0.3) is 0 Å². The van der Waals surface area contributed by atoms with Gasteiger partial charge < -0.3 is 4.90 Å². The Kier molecular flexibility index (Phi) is 5.55. The molecule has 4 nitrogen and oxygen atoms in total. The van der Waals surface area contributed by atoms with Crippen LogP contribution in [0, 0.1) is 17.2 Å². The van der Waals surface area contributed by atoms with Crippen molar-refractivity contribution in [2.75, 3.05) is 13.1 Å². The third-order valence-corrected chi connectivity index (χ3v) is 3.57. The molecule has 20 heavy (non-hydrogen) atoms. The maximum Gasteiger partial charge on any atom is 0.222 e. The summed E-state index contributed by atoms with van der Waals surface area (Å²) in [6.07, 6.45) is 6.87. The van der Waals surface area contributed by atoms with E-state index in [0.29, 0.717) is 25.3 Å². The molecule has 0 saturated heterocycles. The normalized spacial score (nSPS) is 13.8. The fourth-order valence-corrected chi connectivity index (χ4v) is 2.24. The van der Waals surface area contributed by atoms with E-state index in [4.69, 9.17) is 5.26 Å². The Bertz CT molecular complexity index is 462. The van der Waals surface area contributed by atoms with E-state index in [2.05, 4.69) is 11.1 Å². The molecule has 2 rings (SSSR count). The first-order valence-corrected chi connectivity index (χ1v) is 7.34. The van der Waals surface area contributed by atoms with Gasteiger partial charge in [0.25, 0.3) is 0 Å². The van der Waals surface area contributed by atoms with E-state index in [0.717, 1.165) is 25.1 Å². The minimum Gasteiger partial charge on any atom is -0.341 e. The Hall–Kier alpha value is -1.89. The van der Waals surface area contributed by atoms with Gasteiger partial charge in [0, 0.05) is 31.4 Å². The van der Waals surface area contributed by atoms with Crippen molar-refractivity contribution < 1.29 is 4.79 Å². The van der Waals surface area contributed by atoms with Crippen molar-refractivity contribution in [2.45, 2.75) is 38.5 Å². The molecule has 1 fully saturated rings. The minimum atomic E-state index is 0.183. The molecule has 106 valence electrons. The van der Waals surface area contributed by atoms with Crippen molar-refractivity contribution >= 4 is 5.91 Å². The summed E-state index contributed by atoms with van der Waals surface area (Å²) >= 11 is 0. The number of aromatic nitrogens is 1. The monoisotopic (exact) mass is 271 g/mol. The van der Waals surface area contributed by atoms with Crippen LogP contribution in [0.2, 0.25) is 0 Å². The third kappa shape index (κ3) is 5.00. The lowest BCUT2D eigenvalue weighted by molar-refractivity contribution is -0.131. The molecule has 1 saturated carbocycles. The second kappa shape index (κ2) is 7.64. The molecule has 0 aromatic carbocycles. The molecule has 0 N–H and O–H groups in total. The van der Waals surface area contributed by atoms with Gasteiger partial charge in [0.05, 0.1) is 12.5 Å². The van der Waals surface area contributed by atoms with Crippen LogP contribution in [0.4, 0.5) is 0 Å². The number of carbonyl (C=O) groups excluding carboxylic acids is 1. The molecule has 1 aromatic rings. The van der Waals surface area contributed by atoms with Crippen LogP contribution in [0.5, 0.6) is 0 Å². The molecular weight excluding hydrogens is 250 g/mol. The summed E-state index contributed by atoms with van der Waals surface area (Å²) in [4.78, 5) is 18.3. The van der Waals surface area contributed by atoms with Crippen molar-refractivity contribution in [3.05, 3.63) is 30.1 Å². The highest BCUT2D eigenvalue weighted by molar-refractivity contribution is 5.76. The van der Waals surface area contributed by atoms with Gasteiger partial charge >= 0.3 is 0 Å². The number of amides is 1. The van der Waals surface area contributed by atoms with Crippen LogP contribution in [0.15, 0.2) is 24.4 Å². The zero-order valence-corrected chi connectivity index (χ0v) is 11.8. The summed E-state index contributed by atoms with van der Waals surface area (Å²) in [7, 11) is 0. The summed E-state index contributed by atoms with van der Waals surface area (Å²) in [5.74, 6) is 0.858. The molecule has 1 aromatic heterocycles. The number of pyridine rings is 1. The molecule has 0 aliphatic heterocycles. The largest absolute Gasteiger partial charge is 0.341 e. The van der Waals surface area contributed by atoms with Gasteiger partial charge in [-0.15, -0.1) is 0 Å². The average Bonchev–Trinajstić information content (AvgIpc) is 3.28. The smallest absolute Gasteiger partial charge is 0.222 e. The standard InChI is InChI=1S/C16H21N3O/c17-10-4-12-19(13-14-8-9-14)16(20)7-3-6-15-5-1-2-11-18-15/h1-2,5,11,14H,3-4,6-9,12-13H2. The van der Waals surface area contributed by atoms with E-state index in [1.54, 1.807) is 6.20 Å².